The molecule has 1 aromatic heterocycles. The van der Waals surface area contributed by atoms with Crippen LogP contribution in [0.15, 0.2) is 30.3 Å². The van der Waals surface area contributed by atoms with Gasteiger partial charge in [-0.25, -0.2) is 4.68 Å². The Labute approximate surface area is 151 Å². The number of nitrogens with one attached hydrogen (secondary N) is 2. The van der Waals surface area contributed by atoms with Crippen molar-refractivity contribution >= 4 is 11.8 Å². The van der Waals surface area contributed by atoms with E-state index in [1.54, 1.807) is 0 Å². The van der Waals surface area contributed by atoms with E-state index in [1.165, 1.54) is 4.68 Å². The zero-order valence-corrected chi connectivity index (χ0v) is 14.9. The second-order valence-electron chi connectivity index (χ2n) is 6.59. The second kappa shape index (κ2) is 8.09. The van der Waals surface area contributed by atoms with Crippen LogP contribution in [0.3, 0.4) is 0 Å². The summed E-state index contributed by atoms with van der Waals surface area (Å²) in [4.78, 5) is 24.6. The topological polar surface area (TPSA) is 98.1 Å². The molecule has 2 heterocycles. The summed E-state index contributed by atoms with van der Waals surface area (Å²) in [6.45, 7) is 5.74. The van der Waals surface area contributed by atoms with Gasteiger partial charge < -0.3 is 15.4 Å². The first kappa shape index (κ1) is 18.1. The van der Waals surface area contributed by atoms with E-state index in [0.29, 0.717) is 26.3 Å². The Bertz CT molecular complexity index is 772. The molecule has 0 saturated carbocycles. The average molecular weight is 357 g/mol. The van der Waals surface area contributed by atoms with Crippen LogP contribution in [0.4, 0.5) is 0 Å². The summed E-state index contributed by atoms with van der Waals surface area (Å²) in [6.07, 6.45) is 0. The van der Waals surface area contributed by atoms with E-state index in [2.05, 4.69) is 20.9 Å². The van der Waals surface area contributed by atoms with Crippen molar-refractivity contribution in [3.63, 3.8) is 0 Å². The van der Waals surface area contributed by atoms with Crippen molar-refractivity contribution < 1.29 is 14.3 Å². The molecule has 1 aliphatic rings. The number of nitrogens with zero attached hydrogens (tertiary/aromatic N) is 3. The first-order valence-corrected chi connectivity index (χ1v) is 8.70. The van der Waals surface area contributed by atoms with Crippen LogP contribution in [0.2, 0.25) is 0 Å². The highest BCUT2D eigenvalue weighted by atomic mass is 16.5. The van der Waals surface area contributed by atoms with Gasteiger partial charge in [0.1, 0.15) is 0 Å². The van der Waals surface area contributed by atoms with Crippen LogP contribution in [-0.4, -0.2) is 46.0 Å². The van der Waals surface area contributed by atoms with Crippen molar-refractivity contribution in [3.05, 3.63) is 47.3 Å². The highest BCUT2D eigenvalue weighted by Crippen LogP contribution is 2.15. The number of rotatable bonds is 7. The van der Waals surface area contributed by atoms with E-state index in [-0.39, 0.29) is 29.3 Å². The van der Waals surface area contributed by atoms with Crippen molar-refractivity contribution in [2.24, 2.45) is 5.92 Å². The van der Waals surface area contributed by atoms with Crippen LogP contribution in [-0.2, 0) is 17.9 Å². The molecule has 0 radical (unpaired) electrons. The second-order valence-corrected chi connectivity index (χ2v) is 6.59. The van der Waals surface area contributed by atoms with Gasteiger partial charge in [0.15, 0.2) is 11.4 Å². The fraction of sp³-hybridized carbons (Fsp3) is 0.444. The van der Waals surface area contributed by atoms with Crippen molar-refractivity contribution in [1.82, 2.24) is 25.6 Å². The minimum atomic E-state index is -0.423. The van der Waals surface area contributed by atoms with Crippen molar-refractivity contribution in [2.45, 2.75) is 33.0 Å². The minimum absolute atomic E-state index is 0.0148. The number of ether oxygens (including phenoxy) is 1. The molecule has 8 nitrogen and oxygen atoms in total. The molecule has 0 unspecified atom stereocenters. The lowest BCUT2D eigenvalue weighted by molar-refractivity contribution is 0.0851. The highest BCUT2D eigenvalue weighted by Gasteiger charge is 2.32. The SMILES string of the molecule is CC(C)[C@H]1Cn2nnc(C(=O)NCCOCc3ccccc3)c2C(=O)N1. The average Bonchev–Trinajstić information content (AvgIpc) is 3.07. The van der Waals surface area contributed by atoms with Crippen LogP contribution in [0, 0.1) is 5.92 Å². The summed E-state index contributed by atoms with van der Waals surface area (Å²) in [7, 11) is 0. The monoisotopic (exact) mass is 357 g/mol. The van der Waals surface area contributed by atoms with Gasteiger partial charge in [0.25, 0.3) is 11.8 Å². The Kier molecular flexibility index (Phi) is 5.62. The molecule has 1 aliphatic heterocycles. The molecule has 2 amide bonds. The molecule has 2 aromatic rings. The van der Waals surface area contributed by atoms with Crippen LogP contribution in [0.25, 0.3) is 0 Å². The normalized spacial score (nSPS) is 16.3. The molecule has 2 N–H and O–H groups in total. The van der Waals surface area contributed by atoms with Gasteiger partial charge >= 0.3 is 0 Å². The number of carbonyl (C=O) groups is 2. The summed E-state index contributed by atoms with van der Waals surface area (Å²) in [6, 6.07) is 9.78. The molecular formula is C18H23N5O3. The maximum Gasteiger partial charge on any atom is 0.274 e. The smallest absolute Gasteiger partial charge is 0.274 e. The number of hydrogen-bond donors (Lipinski definition) is 2. The number of amides is 2. The largest absolute Gasteiger partial charge is 0.375 e. The first-order chi connectivity index (χ1) is 12.6. The predicted octanol–water partition coefficient (Wildman–Crippen LogP) is 0.993. The van der Waals surface area contributed by atoms with Gasteiger partial charge in [-0.1, -0.05) is 49.4 Å². The summed E-state index contributed by atoms with van der Waals surface area (Å²) in [5.41, 5.74) is 1.33. The lowest BCUT2D eigenvalue weighted by Crippen LogP contribution is -2.48. The quantitative estimate of drug-likeness (QED) is 0.720. The maximum atomic E-state index is 12.3. The van der Waals surface area contributed by atoms with Gasteiger partial charge in [0.2, 0.25) is 0 Å². The Balaban J connectivity index is 1.51. The zero-order valence-electron chi connectivity index (χ0n) is 14.9. The summed E-state index contributed by atoms with van der Waals surface area (Å²) in [5.74, 6) is -0.464. The van der Waals surface area contributed by atoms with E-state index < -0.39 is 5.91 Å². The molecule has 1 atom stereocenters. The van der Waals surface area contributed by atoms with Gasteiger partial charge in [0, 0.05) is 6.54 Å². The highest BCUT2D eigenvalue weighted by molar-refractivity contribution is 6.05. The minimum Gasteiger partial charge on any atom is -0.375 e. The molecule has 8 heteroatoms. The molecule has 1 aromatic carbocycles. The molecular weight excluding hydrogens is 334 g/mol. The van der Waals surface area contributed by atoms with Crippen LogP contribution >= 0.6 is 0 Å². The van der Waals surface area contributed by atoms with E-state index in [4.69, 9.17) is 4.74 Å². The van der Waals surface area contributed by atoms with E-state index in [0.717, 1.165) is 5.56 Å². The predicted molar refractivity (Wildman–Crippen MR) is 94.5 cm³/mol. The summed E-state index contributed by atoms with van der Waals surface area (Å²) < 4.78 is 7.03. The van der Waals surface area contributed by atoms with Gasteiger partial charge in [-0.2, -0.15) is 0 Å². The Morgan fingerprint density at radius 3 is 2.88 bits per heavy atom. The van der Waals surface area contributed by atoms with Crippen LogP contribution < -0.4 is 10.6 Å². The van der Waals surface area contributed by atoms with Crippen molar-refractivity contribution in [2.75, 3.05) is 13.2 Å². The Morgan fingerprint density at radius 1 is 1.38 bits per heavy atom. The summed E-state index contributed by atoms with van der Waals surface area (Å²) in [5, 5.41) is 13.5. The molecule has 0 aliphatic carbocycles. The molecule has 0 bridgehead atoms. The zero-order chi connectivity index (χ0) is 18.5. The molecule has 26 heavy (non-hydrogen) atoms. The Hall–Kier alpha value is -2.74. The van der Waals surface area contributed by atoms with E-state index in [1.807, 2.05) is 44.2 Å². The third-order valence-corrected chi connectivity index (χ3v) is 4.30. The van der Waals surface area contributed by atoms with Crippen molar-refractivity contribution in [3.8, 4) is 0 Å². The van der Waals surface area contributed by atoms with Crippen LogP contribution in [0.5, 0.6) is 0 Å². The van der Waals surface area contributed by atoms with E-state index >= 15 is 0 Å². The van der Waals surface area contributed by atoms with Gasteiger partial charge in [-0.15, -0.1) is 5.10 Å². The van der Waals surface area contributed by atoms with E-state index in [9.17, 15) is 9.59 Å². The molecule has 3 rings (SSSR count). The molecule has 0 saturated heterocycles. The van der Waals surface area contributed by atoms with Crippen LogP contribution in [0.1, 0.15) is 40.4 Å². The van der Waals surface area contributed by atoms with Gasteiger partial charge in [-0.3, -0.25) is 9.59 Å². The number of hydrogen-bond acceptors (Lipinski definition) is 5. The molecule has 138 valence electrons. The number of carbonyl (C=O) groups excluding carboxylic acids is 2. The third-order valence-electron chi connectivity index (χ3n) is 4.30. The first-order valence-electron chi connectivity index (χ1n) is 8.70. The van der Waals surface area contributed by atoms with Crippen molar-refractivity contribution in [1.29, 1.82) is 0 Å². The fourth-order valence-electron chi connectivity index (χ4n) is 2.75. The van der Waals surface area contributed by atoms with Gasteiger partial charge in [0.05, 0.1) is 25.8 Å². The molecule has 0 fully saturated rings. The lowest BCUT2D eigenvalue weighted by atomic mass is 10.0. The maximum absolute atomic E-state index is 12.3. The lowest BCUT2D eigenvalue weighted by Gasteiger charge is -2.27. The number of aromatic nitrogens is 3. The number of fused-ring (bicyclic) bond motifs is 1. The third kappa shape index (κ3) is 4.08. The Morgan fingerprint density at radius 2 is 2.15 bits per heavy atom. The fourth-order valence-corrected chi connectivity index (χ4v) is 2.75. The molecule has 0 spiro atoms. The van der Waals surface area contributed by atoms with Gasteiger partial charge in [-0.05, 0) is 11.5 Å². The summed E-state index contributed by atoms with van der Waals surface area (Å²) >= 11 is 0. The standard InChI is InChI=1S/C18H23N5O3/c1-12(2)14-10-23-16(18(25)20-14)15(21-22-23)17(24)19-8-9-26-11-13-6-4-3-5-7-13/h3-7,12,14H,8-11H2,1-2H3,(H,19,24)(H,20,25)/t14-/m1/s1. The number of benzene rings is 1.